The van der Waals surface area contributed by atoms with Crippen molar-refractivity contribution in [1.82, 2.24) is 4.90 Å². The van der Waals surface area contributed by atoms with Crippen LogP contribution >= 0.6 is 0 Å². The van der Waals surface area contributed by atoms with E-state index in [2.05, 4.69) is 11.0 Å². The first-order chi connectivity index (χ1) is 9.78. The van der Waals surface area contributed by atoms with Crippen molar-refractivity contribution in [3.05, 3.63) is 35.1 Å². The molecule has 1 saturated heterocycles. The molecule has 106 valence electrons. The van der Waals surface area contributed by atoms with Crippen molar-refractivity contribution in [3.63, 3.8) is 0 Å². The normalized spacial score (nSPS) is 24.1. The van der Waals surface area contributed by atoms with Gasteiger partial charge in [0.15, 0.2) is 0 Å². The molecule has 2 nitrogen and oxygen atoms in total. The van der Waals surface area contributed by atoms with Gasteiger partial charge in [-0.3, -0.25) is 4.90 Å². The van der Waals surface area contributed by atoms with Crippen molar-refractivity contribution in [1.29, 1.82) is 5.26 Å². The zero-order chi connectivity index (χ0) is 13.9. The number of hydrogen-bond acceptors (Lipinski definition) is 2. The lowest BCUT2D eigenvalue weighted by atomic mass is 9.95. The van der Waals surface area contributed by atoms with Crippen molar-refractivity contribution in [2.24, 2.45) is 5.92 Å². The van der Waals surface area contributed by atoms with Crippen molar-refractivity contribution >= 4 is 0 Å². The van der Waals surface area contributed by atoms with E-state index in [4.69, 9.17) is 5.26 Å². The summed E-state index contributed by atoms with van der Waals surface area (Å²) in [6.07, 6.45) is 7.90. The summed E-state index contributed by atoms with van der Waals surface area (Å²) in [5.41, 5.74) is 1.46. The van der Waals surface area contributed by atoms with Crippen LogP contribution in [0, 0.1) is 23.1 Å². The Balaban J connectivity index is 1.76. The summed E-state index contributed by atoms with van der Waals surface area (Å²) in [7, 11) is 0. The van der Waals surface area contributed by atoms with Crippen LogP contribution in [0.15, 0.2) is 18.2 Å². The summed E-state index contributed by atoms with van der Waals surface area (Å²) < 4.78 is 13.4. The molecule has 1 aliphatic carbocycles. The van der Waals surface area contributed by atoms with E-state index in [-0.39, 0.29) is 5.82 Å². The Morgan fingerprint density at radius 2 is 2.00 bits per heavy atom. The van der Waals surface area contributed by atoms with E-state index in [1.807, 2.05) is 0 Å². The molecule has 2 aliphatic rings. The lowest BCUT2D eigenvalue weighted by molar-refractivity contribution is 0.183. The third-order valence-corrected chi connectivity index (χ3v) is 4.92. The number of benzene rings is 1. The smallest absolute Gasteiger partial charge is 0.123 e. The quantitative estimate of drug-likeness (QED) is 0.835. The van der Waals surface area contributed by atoms with Gasteiger partial charge in [0.05, 0.1) is 11.6 Å². The van der Waals surface area contributed by atoms with Crippen molar-refractivity contribution in [3.8, 4) is 6.07 Å². The maximum atomic E-state index is 13.4. The zero-order valence-electron chi connectivity index (χ0n) is 11.8. The van der Waals surface area contributed by atoms with Crippen LogP contribution in [-0.4, -0.2) is 17.5 Å². The summed E-state index contributed by atoms with van der Waals surface area (Å²) in [5, 5.41) is 9.17. The van der Waals surface area contributed by atoms with Gasteiger partial charge in [-0.25, -0.2) is 4.39 Å². The van der Waals surface area contributed by atoms with Gasteiger partial charge in [0, 0.05) is 12.6 Å². The largest absolute Gasteiger partial charge is 0.296 e. The molecule has 0 amide bonds. The average Bonchev–Trinajstić information content (AvgIpc) is 3.09. The predicted octanol–water partition coefficient (Wildman–Crippen LogP) is 3.85. The maximum Gasteiger partial charge on any atom is 0.123 e. The number of rotatable bonds is 3. The highest BCUT2D eigenvalue weighted by atomic mass is 19.1. The predicted molar refractivity (Wildman–Crippen MR) is 76.5 cm³/mol. The Morgan fingerprint density at radius 1 is 1.20 bits per heavy atom. The Hall–Kier alpha value is -1.40. The Morgan fingerprint density at radius 3 is 2.75 bits per heavy atom. The van der Waals surface area contributed by atoms with Gasteiger partial charge in [-0.15, -0.1) is 0 Å². The van der Waals surface area contributed by atoms with Crippen LogP contribution < -0.4 is 0 Å². The average molecular weight is 272 g/mol. The first-order valence-electron chi connectivity index (χ1n) is 7.70. The third-order valence-electron chi connectivity index (χ3n) is 4.92. The molecule has 3 heteroatoms. The lowest BCUT2D eigenvalue weighted by Gasteiger charge is -2.29. The molecule has 0 radical (unpaired) electrons. The van der Waals surface area contributed by atoms with Gasteiger partial charge in [0.1, 0.15) is 5.82 Å². The highest BCUT2D eigenvalue weighted by Crippen LogP contribution is 2.36. The fourth-order valence-corrected chi connectivity index (χ4v) is 3.95. The van der Waals surface area contributed by atoms with Gasteiger partial charge in [-0.1, -0.05) is 12.8 Å². The number of likely N-dealkylation sites (tertiary alicyclic amines) is 1. The van der Waals surface area contributed by atoms with Gasteiger partial charge in [0.2, 0.25) is 0 Å². The minimum atomic E-state index is -0.240. The summed E-state index contributed by atoms with van der Waals surface area (Å²) in [4.78, 5) is 2.48. The van der Waals surface area contributed by atoms with Crippen LogP contribution in [0.2, 0.25) is 0 Å². The van der Waals surface area contributed by atoms with Crippen LogP contribution in [0.25, 0.3) is 0 Å². The summed E-state index contributed by atoms with van der Waals surface area (Å²) in [6, 6.07) is 7.34. The number of nitrogens with zero attached hydrogens (tertiary/aromatic N) is 2. The van der Waals surface area contributed by atoms with Crippen molar-refractivity contribution < 1.29 is 4.39 Å². The maximum absolute atomic E-state index is 13.4. The second-order valence-corrected chi connectivity index (χ2v) is 6.14. The van der Waals surface area contributed by atoms with Gasteiger partial charge in [-0.05, 0) is 61.9 Å². The summed E-state index contributed by atoms with van der Waals surface area (Å²) >= 11 is 0. The number of nitriles is 1. The van der Waals surface area contributed by atoms with E-state index in [0.717, 1.165) is 24.6 Å². The van der Waals surface area contributed by atoms with E-state index >= 15 is 0 Å². The first kappa shape index (κ1) is 13.6. The van der Waals surface area contributed by atoms with E-state index in [1.54, 1.807) is 6.07 Å². The van der Waals surface area contributed by atoms with E-state index in [1.165, 1.54) is 50.7 Å². The van der Waals surface area contributed by atoms with Crippen LogP contribution in [0.1, 0.15) is 49.7 Å². The number of halogens is 1. The van der Waals surface area contributed by atoms with Crippen LogP contribution in [-0.2, 0) is 6.54 Å². The molecule has 20 heavy (non-hydrogen) atoms. The van der Waals surface area contributed by atoms with E-state index in [9.17, 15) is 4.39 Å². The molecule has 0 N–H and O–H groups in total. The molecule has 2 fully saturated rings. The van der Waals surface area contributed by atoms with Crippen LogP contribution in [0.4, 0.5) is 4.39 Å². The van der Waals surface area contributed by atoms with Crippen molar-refractivity contribution in [2.45, 2.75) is 51.1 Å². The third kappa shape index (κ3) is 2.71. The van der Waals surface area contributed by atoms with Gasteiger partial charge < -0.3 is 0 Å². The molecule has 1 aliphatic heterocycles. The van der Waals surface area contributed by atoms with Crippen LogP contribution in [0.3, 0.4) is 0 Å². The molecular formula is C17H21FN2. The summed E-state index contributed by atoms with van der Waals surface area (Å²) in [6.45, 7) is 1.81. The van der Waals surface area contributed by atoms with Crippen molar-refractivity contribution in [2.75, 3.05) is 6.54 Å². The van der Waals surface area contributed by atoms with Gasteiger partial charge in [0.25, 0.3) is 0 Å². The SMILES string of the molecule is N#Cc1ccc(F)cc1CN1CCCC1C1CCCC1. The zero-order valence-corrected chi connectivity index (χ0v) is 11.8. The van der Waals surface area contributed by atoms with Gasteiger partial charge in [-0.2, -0.15) is 5.26 Å². The van der Waals surface area contributed by atoms with E-state index in [0.29, 0.717) is 11.6 Å². The molecule has 3 rings (SSSR count). The number of hydrogen-bond donors (Lipinski definition) is 0. The molecule has 1 heterocycles. The molecule has 0 bridgehead atoms. The molecule has 1 aromatic rings. The Kier molecular flexibility index (Phi) is 4.03. The highest BCUT2D eigenvalue weighted by molar-refractivity contribution is 5.37. The second kappa shape index (κ2) is 5.93. The molecule has 1 aromatic carbocycles. The molecule has 0 aromatic heterocycles. The standard InChI is InChI=1S/C17H21FN2/c18-16-8-7-14(11-19)15(10-16)12-20-9-3-6-17(20)13-4-1-2-5-13/h7-8,10,13,17H,1-6,9,12H2. The Bertz CT molecular complexity index is 514. The molecule has 0 spiro atoms. The molecule has 1 unspecified atom stereocenters. The minimum Gasteiger partial charge on any atom is -0.296 e. The topological polar surface area (TPSA) is 27.0 Å². The van der Waals surface area contributed by atoms with Crippen LogP contribution in [0.5, 0.6) is 0 Å². The molecule has 1 atom stereocenters. The fraction of sp³-hybridized carbons (Fsp3) is 0.588. The highest BCUT2D eigenvalue weighted by Gasteiger charge is 2.33. The first-order valence-corrected chi connectivity index (χ1v) is 7.70. The lowest BCUT2D eigenvalue weighted by Crippen LogP contribution is -2.34. The Labute approximate surface area is 120 Å². The molecular weight excluding hydrogens is 251 g/mol. The summed E-state index contributed by atoms with van der Waals surface area (Å²) in [5.74, 6) is 0.576. The molecule has 1 saturated carbocycles. The second-order valence-electron chi connectivity index (χ2n) is 6.14. The monoisotopic (exact) mass is 272 g/mol. The fourth-order valence-electron chi connectivity index (χ4n) is 3.95. The minimum absolute atomic E-state index is 0.240. The van der Waals surface area contributed by atoms with E-state index < -0.39 is 0 Å². The van der Waals surface area contributed by atoms with Gasteiger partial charge >= 0.3 is 0 Å².